The molecule has 2 aromatic rings. The molecule has 0 saturated heterocycles. The van der Waals surface area contributed by atoms with Gasteiger partial charge in [0.15, 0.2) is 0 Å². The second-order valence-electron chi connectivity index (χ2n) is 5.02. The molecule has 0 radical (unpaired) electrons. The summed E-state index contributed by atoms with van der Waals surface area (Å²) in [5.74, 6) is 0.760. The summed E-state index contributed by atoms with van der Waals surface area (Å²) in [6.45, 7) is 7.81. The van der Waals surface area contributed by atoms with Crippen molar-refractivity contribution in [2.45, 2.75) is 33.7 Å². The SMILES string of the molecule is CCCNCc1cnc(Oc2c(C)cc(Cl)cc2C)nc1. The van der Waals surface area contributed by atoms with Crippen LogP contribution >= 0.6 is 11.6 Å². The molecular weight excluding hydrogens is 286 g/mol. The molecule has 5 heteroatoms. The van der Waals surface area contributed by atoms with Gasteiger partial charge in [0.25, 0.3) is 0 Å². The van der Waals surface area contributed by atoms with Gasteiger partial charge in [-0.3, -0.25) is 0 Å². The number of nitrogens with zero attached hydrogens (tertiary/aromatic N) is 2. The summed E-state index contributed by atoms with van der Waals surface area (Å²) >= 11 is 6.01. The van der Waals surface area contributed by atoms with E-state index in [-0.39, 0.29) is 0 Å². The van der Waals surface area contributed by atoms with Crippen molar-refractivity contribution in [1.29, 1.82) is 0 Å². The molecule has 0 atom stereocenters. The molecule has 0 bridgehead atoms. The zero-order valence-corrected chi connectivity index (χ0v) is 13.4. The minimum absolute atomic E-state index is 0.350. The van der Waals surface area contributed by atoms with E-state index in [0.717, 1.165) is 42.0 Å². The Bertz CT molecular complexity index is 576. The number of hydrogen-bond donors (Lipinski definition) is 1. The highest BCUT2D eigenvalue weighted by atomic mass is 35.5. The van der Waals surface area contributed by atoms with Gasteiger partial charge < -0.3 is 10.1 Å². The second-order valence-corrected chi connectivity index (χ2v) is 5.46. The lowest BCUT2D eigenvalue weighted by molar-refractivity contribution is 0.434. The highest BCUT2D eigenvalue weighted by Crippen LogP contribution is 2.29. The number of aryl methyl sites for hydroxylation is 2. The largest absolute Gasteiger partial charge is 0.424 e. The van der Waals surface area contributed by atoms with E-state index in [1.54, 1.807) is 12.4 Å². The standard InChI is InChI=1S/C16H20ClN3O/c1-4-5-18-8-13-9-19-16(20-10-13)21-15-11(2)6-14(17)7-12(15)3/h6-7,9-10,18H,4-5,8H2,1-3H3. The lowest BCUT2D eigenvalue weighted by Crippen LogP contribution is -2.14. The van der Waals surface area contributed by atoms with E-state index in [1.807, 2.05) is 26.0 Å². The van der Waals surface area contributed by atoms with Gasteiger partial charge in [-0.2, -0.15) is 0 Å². The van der Waals surface area contributed by atoms with Crippen LogP contribution in [0.3, 0.4) is 0 Å². The number of hydrogen-bond acceptors (Lipinski definition) is 4. The van der Waals surface area contributed by atoms with Crippen LogP contribution in [0.1, 0.15) is 30.0 Å². The van der Waals surface area contributed by atoms with Crippen molar-refractivity contribution < 1.29 is 4.74 Å². The highest BCUT2D eigenvalue weighted by molar-refractivity contribution is 6.30. The minimum atomic E-state index is 0.350. The average Bonchev–Trinajstić information content (AvgIpc) is 2.44. The van der Waals surface area contributed by atoms with Crippen LogP contribution in [0.2, 0.25) is 5.02 Å². The number of rotatable bonds is 6. The van der Waals surface area contributed by atoms with Gasteiger partial charge in [-0.25, -0.2) is 9.97 Å². The molecule has 1 aromatic carbocycles. The number of halogens is 1. The Labute approximate surface area is 130 Å². The number of benzene rings is 1. The van der Waals surface area contributed by atoms with Crippen molar-refractivity contribution in [2.24, 2.45) is 0 Å². The van der Waals surface area contributed by atoms with Gasteiger partial charge in [0, 0.05) is 29.5 Å². The predicted molar refractivity (Wildman–Crippen MR) is 85.0 cm³/mol. The Morgan fingerprint density at radius 2 is 1.76 bits per heavy atom. The zero-order valence-electron chi connectivity index (χ0n) is 12.6. The maximum atomic E-state index is 6.01. The molecule has 4 nitrogen and oxygen atoms in total. The number of ether oxygens (including phenoxy) is 1. The summed E-state index contributed by atoms with van der Waals surface area (Å²) in [5.41, 5.74) is 2.98. The molecule has 1 aromatic heterocycles. The van der Waals surface area contributed by atoms with E-state index in [0.29, 0.717) is 11.0 Å². The van der Waals surface area contributed by atoms with Gasteiger partial charge in [-0.1, -0.05) is 18.5 Å². The van der Waals surface area contributed by atoms with E-state index in [2.05, 4.69) is 22.2 Å². The Balaban J connectivity index is 2.07. The predicted octanol–water partition coefficient (Wildman–Crippen LogP) is 4.04. The van der Waals surface area contributed by atoms with Gasteiger partial charge in [0.2, 0.25) is 0 Å². The highest BCUT2D eigenvalue weighted by Gasteiger charge is 2.08. The van der Waals surface area contributed by atoms with E-state index < -0.39 is 0 Å². The third-order valence-corrected chi connectivity index (χ3v) is 3.27. The van der Waals surface area contributed by atoms with Crippen LogP contribution in [0, 0.1) is 13.8 Å². The lowest BCUT2D eigenvalue weighted by Gasteiger charge is -2.11. The molecule has 0 unspecified atom stereocenters. The van der Waals surface area contributed by atoms with Gasteiger partial charge in [-0.15, -0.1) is 0 Å². The first-order valence-electron chi connectivity index (χ1n) is 7.06. The maximum Gasteiger partial charge on any atom is 0.321 e. The van der Waals surface area contributed by atoms with Gasteiger partial charge in [0.1, 0.15) is 5.75 Å². The summed E-state index contributed by atoms with van der Waals surface area (Å²) < 4.78 is 5.77. The fraction of sp³-hybridized carbons (Fsp3) is 0.375. The molecule has 2 rings (SSSR count). The molecule has 0 aliphatic rings. The van der Waals surface area contributed by atoms with Crippen LogP contribution in [-0.4, -0.2) is 16.5 Å². The molecule has 0 aliphatic heterocycles. The molecule has 0 amide bonds. The minimum Gasteiger partial charge on any atom is -0.424 e. The summed E-state index contributed by atoms with van der Waals surface area (Å²) in [4.78, 5) is 8.50. The summed E-state index contributed by atoms with van der Waals surface area (Å²) in [7, 11) is 0. The van der Waals surface area contributed by atoms with Crippen LogP contribution in [0.15, 0.2) is 24.5 Å². The van der Waals surface area contributed by atoms with Crippen molar-refractivity contribution in [3.05, 3.63) is 46.2 Å². The van der Waals surface area contributed by atoms with Crippen LogP contribution in [-0.2, 0) is 6.54 Å². The monoisotopic (exact) mass is 305 g/mol. The fourth-order valence-electron chi connectivity index (χ4n) is 2.05. The van der Waals surface area contributed by atoms with E-state index in [1.165, 1.54) is 0 Å². The normalized spacial score (nSPS) is 10.7. The summed E-state index contributed by atoms with van der Waals surface area (Å²) in [6.07, 6.45) is 4.67. The third-order valence-electron chi connectivity index (χ3n) is 3.06. The van der Waals surface area contributed by atoms with E-state index >= 15 is 0 Å². The van der Waals surface area contributed by atoms with E-state index in [9.17, 15) is 0 Å². The van der Waals surface area contributed by atoms with Gasteiger partial charge in [-0.05, 0) is 50.1 Å². The second kappa shape index (κ2) is 7.38. The number of nitrogens with one attached hydrogen (secondary N) is 1. The first-order chi connectivity index (χ1) is 10.1. The van der Waals surface area contributed by atoms with Crippen LogP contribution < -0.4 is 10.1 Å². The third kappa shape index (κ3) is 4.41. The van der Waals surface area contributed by atoms with Crippen molar-refractivity contribution in [2.75, 3.05) is 6.54 Å². The van der Waals surface area contributed by atoms with Gasteiger partial charge >= 0.3 is 6.01 Å². The Kier molecular flexibility index (Phi) is 5.53. The Morgan fingerprint density at radius 1 is 1.14 bits per heavy atom. The quantitative estimate of drug-likeness (QED) is 0.818. The average molecular weight is 306 g/mol. The molecule has 0 saturated carbocycles. The van der Waals surface area contributed by atoms with Gasteiger partial charge in [0.05, 0.1) is 0 Å². The van der Waals surface area contributed by atoms with Crippen LogP contribution in [0.4, 0.5) is 0 Å². The molecular formula is C16H20ClN3O. The van der Waals surface area contributed by atoms with Crippen molar-refractivity contribution >= 4 is 11.6 Å². The maximum absolute atomic E-state index is 6.01. The Morgan fingerprint density at radius 3 is 2.33 bits per heavy atom. The topological polar surface area (TPSA) is 47.0 Å². The zero-order chi connectivity index (χ0) is 15.2. The number of aromatic nitrogens is 2. The molecule has 21 heavy (non-hydrogen) atoms. The summed E-state index contributed by atoms with van der Waals surface area (Å²) in [6, 6.07) is 4.09. The molecule has 1 heterocycles. The smallest absolute Gasteiger partial charge is 0.321 e. The van der Waals surface area contributed by atoms with Crippen molar-refractivity contribution in [3.8, 4) is 11.8 Å². The fourth-order valence-corrected chi connectivity index (χ4v) is 2.37. The first kappa shape index (κ1) is 15.7. The van der Waals surface area contributed by atoms with Crippen LogP contribution in [0.25, 0.3) is 0 Å². The molecule has 0 fully saturated rings. The van der Waals surface area contributed by atoms with Crippen molar-refractivity contribution in [3.63, 3.8) is 0 Å². The molecule has 112 valence electrons. The first-order valence-corrected chi connectivity index (χ1v) is 7.44. The molecule has 1 N–H and O–H groups in total. The van der Waals surface area contributed by atoms with Crippen molar-refractivity contribution in [1.82, 2.24) is 15.3 Å². The van der Waals surface area contributed by atoms with E-state index in [4.69, 9.17) is 16.3 Å². The van der Waals surface area contributed by atoms with Crippen LogP contribution in [0.5, 0.6) is 11.8 Å². The molecule has 0 aliphatic carbocycles. The Hall–Kier alpha value is -1.65. The summed E-state index contributed by atoms with van der Waals surface area (Å²) in [5, 5.41) is 4.01. The lowest BCUT2D eigenvalue weighted by atomic mass is 10.1. The molecule has 0 spiro atoms.